The number of halogens is 2. The fraction of sp³-hybridized carbons (Fsp3) is 0.316. The molecule has 0 saturated heterocycles. The van der Waals surface area contributed by atoms with Gasteiger partial charge in [0.2, 0.25) is 0 Å². The summed E-state index contributed by atoms with van der Waals surface area (Å²) in [6, 6.07) is 10.1. The van der Waals surface area contributed by atoms with E-state index in [1.54, 1.807) is 26.0 Å². The number of aliphatic carboxylic acids is 1. The first-order valence-electron chi connectivity index (χ1n) is 7.93. The Hall–Kier alpha value is -2.47. The molecule has 2 aromatic rings. The lowest BCUT2D eigenvalue weighted by Gasteiger charge is -2.19. The van der Waals surface area contributed by atoms with Crippen molar-refractivity contribution in [1.82, 2.24) is 5.32 Å². The molecule has 25 heavy (non-hydrogen) atoms. The fourth-order valence-electron chi connectivity index (χ4n) is 2.14. The number of hydrogen-bond donors (Lipinski definition) is 2. The van der Waals surface area contributed by atoms with Gasteiger partial charge in [0, 0.05) is 24.7 Å². The van der Waals surface area contributed by atoms with Gasteiger partial charge in [-0.15, -0.1) is 0 Å². The van der Waals surface area contributed by atoms with E-state index in [0.29, 0.717) is 25.3 Å². The van der Waals surface area contributed by atoms with E-state index in [9.17, 15) is 13.6 Å². The van der Waals surface area contributed by atoms with Crippen molar-refractivity contribution in [2.24, 2.45) is 5.41 Å². The molecule has 134 valence electrons. The van der Waals surface area contributed by atoms with Crippen LogP contribution in [0.25, 0.3) is 0 Å². The second-order valence-corrected chi connectivity index (χ2v) is 6.47. The molecule has 0 atom stereocenters. The molecule has 0 heterocycles. The van der Waals surface area contributed by atoms with Crippen LogP contribution < -0.4 is 10.1 Å². The van der Waals surface area contributed by atoms with Crippen LogP contribution in [0.3, 0.4) is 0 Å². The van der Waals surface area contributed by atoms with Crippen molar-refractivity contribution in [3.8, 4) is 11.5 Å². The summed E-state index contributed by atoms with van der Waals surface area (Å²) in [4.78, 5) is 11.0. The predicted octanol–water partition coefficient (Wildman–Crippen LogP) is 4.35. The van der Waals surface area contributed by atoms with Crippen LogP contribution in [0.1, 0.15) is 25.8 Å². The van der Waals surface area contributed by atoms with Gasteiger partial charge >= 0.3 is 5.97 Å². The zero-order chi connectivity index (χ0) is 18.4. The zero-order valence-electron chi connectivity index (χ0n) is 14.2. The standard InChI is InChI=1S/C19H21F2NO3/c1-19(2,18(23)24)7-8-22-12-13-3-5-16(6-4-13)25-17-10-14(20)9-15(21)11-17/h3-6,9-11,22H,7-8,12H2,1-2H3,(H,23,24). The Morgan fingerprint density at radius 2 is 1.68 bits per heavy atom. The van der Waals surface area contributed by atoms with Crippen molar-refractivity contribution >= 4 is 5.97 Å². The lowest BCUT2D eigenvalue weighted by Crippen LogP contribution is -2.28. The summed E-state index contributed by atoms with van der Waals surface area (Å²) in [5.74, 6) is -1.63. The normalized spacial score (nSPS) is 11.4. The molecule has 6 heteroatoms. The summed E-state index contributed by atoms with van der Waals surface area (Å²) < 4.78 is 31.7. The second kappa shape index (κ2) is 8.07. The first kappa shape index (κ1) is 18.9. The molecule has 0 amide bonds. The van der Waals surface area contributed by atoms with Crippen LogP contribution >= 0.6 is 0 Å². The molecule has 2 aromatic carbocycles. The molecule has 0 bridgehead atoms. The van der Waals surface area contributed by atoms with Gasteiger partial charge < -0.3 is 15.2 Å². The molecule has 0 spiro atoms. The zero-order valence-corrected chi connectivity index (χ0v) is 14.2. The molecular weight excluding hydrogens is 328 g/mol. The Balaban J connectivity index is 1.84. The Kier molecular flexibility index (Phi) is 6.09. The number of nitrogens with one attached hydrogen (secondary N) is 1. The lowest BCUT2D eigenvalue weighted by molar-refractivity contribution is -0.147. The highest BCUT2D eigenvalue weighted by molar-refractivity contribution is 5.73. The quantitative estimate of drug-likeness (QED) is 0.696. The largest absolute Gasteiger partial charge is 0.481 e. The van der Waals surface area contributed by atoms with E-state index in [0.717, 1.165) is 23.8 Å². The summed E-state index contributed by atoms with van der Waals surface area (Å²) in [7, 11) is 0. The number of carboxylic acid groups (broad SMARTS) is 1. The van der Waals surface area contributed by atoms with Gasteiger partial charge in [0.25, 0.3) is 0 Å². The lowest BCUT2D eigenvalue weighted by atomic mass is 9.90. The summed E-state index contributed by atoms with van der Waals surface area (Å²) in [6.45, 7) is 4.56. The van der Waals surface area contributed by atoms with Crippen LogP contribution in [-0.2, 0) is 11.3 Å². The van der Waals surface area contributed by atoms with Gasteiger partial charge in [-0.1, -0.05) is 12.1 Å². The number of hydrogen-bond acceptors (Lipinski definition) is 3. The van der Waals surface area contributed by atoms with Gasteiger partial charge in [-0.2, -0.15) is 0 Å². The van der Waals surface area contributed by atoms with Crippen molar-refractivity contribution in [1.29, 1.82) is 0 Å². The smallest absolute Gasteiger partial charge is 0.309 e. The highest BCUT2D eigenvalue weighted by Crippen LogP contribution is 2.24. The number of benzene rings is 2. The van der Waals surface area contributed by atoms with Crippen LogP contribution in [-0.4, -0.2) is 17.6 Å². The number of carbonyl (C=O) groups is 1. The molecule has 0 unspecified atom stereocenters. The maximum Gasteiger partial charge on any atom is 0.309 e. The maximum absolute atomic E-state index is 13.1. The van der Waals surface area contributed by atoms with E-state index in [1.807, 2.05) is 12.1 Å². The third-order valence-corrected chi connectivity index (χ3v) is 3.83. The Morgan fingerprint density at radius 1 is 1.08 bits per heavy atom. The average Bonchev–Trinajstić information content (AvgIpc) is 2.52. The predicted molar refractivity (Wildman–Crippen MR) is 90.6 cm³/mol. The highest BCUT2D eigenvalue weighted by atomic mass is 19.1. The first-order chi connectivity index (χ1) is 11.8. The maximum atomic E-state index is 13.1. The number of rotatable bonds is 8. The molecule has 0 aliphatic carbocycles. The van der Waals surface area contributed by atoms with E-state index >= 15 is 0 Å². The molecular formula is C19H21F2NO3. The van der Waals surface area contributed by atoms with Gasteiger partial charge in [-0.05, 0) is 44.5 Å². The highest BCUT2D eigenvalue weighted by Gasteiger charge is 2.25. The summed E-state index contributed by atoms with van der Waals surface area (Å²) >= 11 is 0. The van der Waals surface area contributed by atoms with Crippen LogP contribution in [0.2, 0.25) is 0 Å². The monoisotopic (exact) mass is 349 g/mol. The molecule has 0 radical (unpaired) electrons. The third kappa shape index (κ3) is 5.83. The Morgan fingerprint density at radius 3 is 2.24 bits per heavy atom. The van der Waals surface area contributed by atoms with Crippen molar-refractivity contribution in [2.75, 3.05) is 6.54 Å². The summed E-state index contributed by atoms with van der Waals surface area (Å²) in [5, 5.41) is 12.2. The fourth-order valence-corrected chi connectivity index (χ4v) is 2.14. The molecule has 0 aliphatic heterocycles. The van der Waals surface area contributed by atoms with E-state index in [4.69, 9.17) is 9.84 Å². The Bertz CT molecular complexity index is 710. The Labute approximate surface area is 145 Å². The van der Waals surface area contributed by atoms with Crippen LogP contribution in [0.4, 0.5) is 8.78 Å². The molecule has 4 nitrogen and oxygen atoms in total. The van der Waals surface area contributed by atoms with Crippen molar-refractivity contribution in [2.45, 2.75) is 26.8 Å². The van der Waals surface area contributed by atoms with E-state index in [1.165, 1.54) is 0 Å². The summed E-state index contributed by atoms with van der Waals surface area (Å²) in [6.07, 6.45) is 0.522. The van der Waals surface area contributed by atoms with Crippen molar-refractivity contribution in [3.63, 3.8) is 0 Å². The minimum atomic E-state index is -0.815. The SMILES string of the molecule is CC(C)(CCNCc1ccc(Oc2cc(F)cc(F)c2)cc1)C(=O)O. The molecule has 0 fully saturated rings. The van der Waals surface area contributed by atoms with Crippen LogP contribution in [0.5, 0.6) is 11.5 Å². The number of ether oxygens (including phenoxy) is 1. The second-order valence-electron chi connectivity index (χ2n) is 6.47. The minimum absolute atomic E-state index is 0.0966. The van der Waals surface area contributed by atoms with Crippen molar-refractivity contribution < 1.29 is 23.4 Å². The van der Waals surface area contributed by atoms with E-state index in [2.05, 4.69) is 5.32 Å². The third-order valence-electron chi connectivity index (χ3n) is 3.83. The topological polar surface area (TPSA) is 58.6 Å². The molecule has 2 rings (SSSR count). The number of carboxylic acids is 1. The van der Waals surface area contributed by atoms with Gasteiger partial charge in [-0.25, -0.2) is 8.78 Å². The van der Waals surface area contributed by atoms with E-state index < -0.39 is 23.0 Å². The van der Waals surface area contributed by atoms with Crippen LogP contribution in [0, 0.1) is 17.0 Å². The molecule has 0 aliphatic rings. The van der Waals surface area contributed by atoms with Gasteiger partial charge in [0.1, 0.15) is 23.1 Å². The minimum Gasteiger partial charge on any atom is -0.481 e. The van der Waals surface area contributed by atoms with Crippen LogP contribution in [0.15, 0.2) is 42.5 Å². The molecule has 0 aromatic heterocycles. The average molecular weight is 349 g/mol. The summed E-state index contributed by atoms with van der Waals surface area (Å²) in [5.41, 5.74) is 0.233. The molecule has 2 N–H and O–H groups in total. The van der Waals surface area contributed by atoms with E-state index in [-0.39, 0.29) is 5.75 Å². The van der Waals surface area contributed by atoms with Gasteiger partial charge in [0.15, 0.2) is 0 Å². The van der Waals surface area contributed by atoms with Crippen molar-refractivity contribution in [3.05, 3.63) is 59.7 Å². The van der Waals surface area contributed by atoms with Gasteiger partial charge in [0.05, 0.1) is 5.41 Å². The van der Waals surface area contributed by atoms with Gasteiger partial charge in [-0.3, -0.25) is 4.79 Å². The molecule has 0 saturated carbocycles. The first-order valence-corrected chi connectivity index (χ1v) is 7.93.